The van der Waals surface area contributed by atoms with Crippen LogP contribution >= 0.6 is 11.6 Å². The molecule has 3 N–H and O–H groups in total. The average molecular weight is 1100 g/mol. The second-order valence-corrected chi connectivity index (χ2v) is 21.1. The summed E-state index contributed by atoms with van der Waals surface area (Å²) < 4.78 is 195. The average Bonchev–Trinajstić information content (AvgIpc) is 3.78. The third-order valence-corrected chi connectivity index (χ3v) is 14.7. The van der Waals surface area contributed by atoms with E-state index >= 15 is 8.78 Å². The van der Waals surface area contributed by atoms with Crippen LogP contribution in [0.15, 0.2) is 42.5 Å². The first-order valence-corrected chi connectivity index (χ1v) is 24.2. The molecule has 4 atom stereocenters. The van der Waals surface area contributed by atoms with Gasteiger partial charge in [0.2, 0.25) is 5.91 Å². The van der Waals surface area contributed by atoms with Crippen LogP contribution in [0.4, 0.5) is 43.9 Å². The number of aliphatic carboxylic acids is 1. The zero-order valence-corrected chi connectivity index (χ0v) is 39.8. The van der Waals surface area contributed by atoms with E-state index in [1.165, 1.54) is 13.8 Å². The number of alkyl halides is 8. The summed E-state index contributed by atoms with van der Waals surface area (Å²) in [5, 5.41) is 19.3. The fourth-order valence-corrected chi connectivity index (χ4v) is 9.10. The Kier molecular flexibility index (Phi) is 14.3. The molecule has 0 spiro atoms. The summed E-state index contributed by atoms with van der Waals surface area (Å²) in [6.45, 7) is -3.29. The van der Waals surface area contributed by atoms with Gasteiger partial charge in [0.15, 0.2) is 15.5 Å². The number of rotatable bonds is 14. The molecule has 7 rings (SSSR count). The number of fused-ring (bicyclic) bond motifs is 4. The lowest BCUT2D eigenvalue weighted by molar-refractivity contribution is -0.150. The summed E-state index contributed by atoms with van der Waals surface area (Å²) >= 11 is 2.99. The van der Waals surface area contributed by atoms with Crippen molar-refractivity contribution in [3.05, 3.63) is 98.7 Å². The largest absolute Gasteiger partial charge is 0.755 e. The summed E-state index contributed by atoms with van der Waals surface area (Å²) in [5.41, 5.74) is -6.58. The van der Waals surface area contributed by atoms with Gasteiger partial charge in [-0.05, 0) is 74.4 Å². The van der Waals surface area contributed by atoms with E-state index in [0.29, 0.717) is 6.07 Å². The number of carbonyl (C=O) groups is 4. The predicted molar refractivity (Wildman–Crippen MR) is 233 cm³/mol. The molecule has 2 aliphatic carbocycles. The number of hydrogen-bond donors (Lipinski definition) is 3. The van der Waals surface area contributed by atoms with E-state index in [0.717, 1.165) is 42.7 Å². The van der Waals surface area contributed by atoms with Crippen LogP contribution in [0.25, 0.3) is 22.0 Å². The number of nitrogens with one attached hydrogen (secondary N) is 2. The summed E-state index contributed by atoms with van der Waals surface area (Å²) in [5.74, 6) is -10.5. The first-order chi connectivity index (χ1) is 33.7. The van der Waals surface area contributed by atoms with E-state index in [4.69, 9.17) is 16.7 Å². The molecule has 1 fully saturated rings. The summed E-state index contributed by atoms with van der Waals surface area (Å²) in [6.07, 6.45) is -10.5. The highest BCUT2D eigenvalue weighted by Crippen LogP contribution is 2.68. The normalized spacial score (nSPS) is 17.0. The molecule has 1 saturated carbocycles. The molecule has 2 aliphatic rings. The van der Waals surface area contributed by atoms with Gasteiger partial charge in [-0.1, -0.05) is 23.6 Å². The second kappa shape index (κ2) is 19.3. The number of sulfone groups is 1. The van der Waals surface area contributed by atoms with E-state index in [9.17, 15) is 71.5 Å². The first kappa shape index (κ1) is 54.1. The minimum absolute atomic E-state index is 0.0292. The molecular weight excluding hydrogens is 1060 g/mol. The monoisotopic (exact) mass is 1100 g/mol. The molecule has 0 bridgehead atoms. The highest BCUT2D eigenvalue weighted by molar-refractivity contribution is 7.92. The van der Waals surface area contributed by atoms with Crippen molar-refractivity contribution in [2.45, 2.75) is 81.3 Å². The van der Waals surface area contributed by atoms with E-state index in [2.05, 4.69) is 32.3 Å². The van der Waals surface area contributed by atoms with E-state index < -0.39 is 174 Å². The Morgan fingerprint density at radius 1 is 1.01 bits per heavy atom. The lowest BCUT2D eigenvalue weighted by Crippen LogP contribution is -2.42. The molecule has 2 unspecified atom stereocenters. The number of carbonyl (C=O) groups excluding carboxylic acids is 3. The molecule has 0 saturated heterocycles. The maximum Gasteiger partial charge on any atom is 0.435 e. The Labute approximate surface area is 412 Å². The summed E-state index contributed by atoms with van der Waals surface area (Å²) in [6, 6.07) is 4.65. The van der Waals surface area contributed by atoms with Crippen molar-refractivity contribution in [1.29, 1.82) is 0 Å². The maximum absolute atomic E-state index is 15.6. The Bertz CT molecular complexity index is 3310. The fraction of sp³-hybridized carbons (Fsp3) is 0.372. The second-order valence-electron chi connectivity index (χ2n) is 17.3. The van der Waals surface area contributed by atoms with Gasteiger partial charge in [-0.25, -0.2) is 27.0 Å². The van der Waals surface area contributed by atoms with Crippen LogP contribution in [-0.2, 0) is 78.4 Å². The highest BCUT2D eigenvalue weighted by atomic mass is 35.5. The van der Waals surface area contributed by atoms with Gasteiger partial charge >= 0.3 is 24.2 Å². The Morgan fingerprint density at radius 2 is 1.66 bits per heavy atom. The Hall–Kier alpha value is -6.64. The van der Waals surface area contributed by atoms with Crippen LogP contribution in [0, 0.1) is 29.4 Å². The van der Waals surface area contributed by atoms with Gasteiger partial charge in [-0.15, -0.1) is 0 Å². The molecule has 17 nitrogen and oxygen atoms in total. The number of benzene rings is 2. The standard InChI is InChI=1S/C43H35ClF10N8O9S2/c1-40(2,73(3,70)71)9-8-22-4-5-23(24-6-7-27(44)33-29(58-61(35(24)33)18-41(47,48)49)16-62(72(68)69)31(64)15-55-38(65)39(66)67)34(56-22)28(12-19-10-20(45)13-21(46)11-19)57-30(63)17-60-37-32(36(59-60)43(52,53)54)25-14-26(25)42(37,50)51/h4-7,10-11,13,25-26,28H,12,14-18H2,1-3H3,(H,55,65)(H,57,63)(H,66,67)(H,68,69)/p-1/t25-,26+,28?/m0/s1. The van der Waals surface area contributed by atoms with E-state index in [1.54, 1.807) is 5.32 Å². The van der Waals surface area contributed by atoms with Crippen molar-refractivity contribution in [1.82, 2.24) is 39.5 Å². The Morgan fingerprint density at radius 3 is 2.25 bits per heavy atom. The molecule has 3 heterocycles. The predicted octanol–water partition coefficient (Wildman–Crippen LogP) is 5.61. The maximum atomic E-state index is 15.6. The summed E-state index contributed by atoms with van der Waals surface area (Å²) in [7, 11) is -3.92. The lowest BCUT2D eigenvalue weighted by atomic mass is 9.93. The Balaban J connectivity index is 1.44. The first-order valence-electron chi connectivity index (χ1n) is 20.9. The van der Waals surface area contributed by atoms with Crippen LogP contribution in [0.2, 0.25) is 5.02 Å². The van der Waals surface area contributed by atoms with Crippen LogP contribution in [0.3, 0.4) is 0 Å². The number of aromatic nitrogens is 5. The molecule has 3 amide bonds. The fourth-order valence-electron chi connectivity index (χ4n) is 8.14. The van der Waals surface area contributed by atoms with E-state index in [-0.39, 0.29) is 42.5 Å². The van der Waals surface area contributed by atoms with Crippen LogP contribution in [0.5, 0.6) is 0 Å². The molecule has 73 heavy (non-hydrogen) atoms. The number of halogens is 11. The SMILES string of the molecule is CC(C)(C#Cc1ccc(-c2ccc(Cl)c3c(CN(C(=O)CNC(=O)C(=O)O)S(=O)[O-])nn(CC(F)(F)F)c23)c(C(Cc2cc(F)cc(F)c2)NC(=O)Cn2nc(C(F)(F)F)c3c2C(F)(F)[C@@H]2C[C@H]32)n1)S(C)(=O)=O. The molecule has 3 aromatic heterocycles. The molecule has 2 aromatic carbocycles. The molecule has 5 aromatic rings. The van der Waals surface area contributed by atoms with Crippen molar-refractivity contribution < 1.29 is 85.4 Å². The number of pyridine rings is 1. The van der Waals surface area contributed by atoms with Crippen LogP contribution in [0.1, 0.15) is 71.8 Å². The minimum Gasteiger partial charge on any atom is -0.755 e. The zero-order valence-electron chi connectivity index (χ0n) is 37.4. The topological polar surface area (TPSA) is 239 Å². The lowest BCUT2D eigenvalue weighted by Gasteiger charge is -2.24. The van der Waals surface area contributed by atoms with Gasteiger partial charge in [0, 0.05) is 40.3 Å². The number of nitrogens with zero attached hydrogens (tertiary/aromatic N) is 6. The minimum atomic E-state index is -5.24. The number of hydrogen-bond acceptors (Lipinski definition) is 11. The van der Waals surface area contributed by atoms with Gasteiger partial charge in [0.05, 0.1) is 52.3 Å². The quantitative estimate of drug-likeness (QED) is 0.0532. The zero-order chi connectivity index (χ0) is 54.1. The van der Waals surface area contributed by atoms with E-state index in [1.807, 2.05) is 0 Å². The number of amides is 3. The van der Waals surface area contributed by atoms with Gasteiger partial charge in [-0.3, -0.25) is 32.3 Å². The third-order valence-electron chi connectivity index (χ3n) is 11.7. The number of carboxylic acids is 1. The van der Waals surface area contributed by atoms with Crippen molar-refractivity contribution in [3.8, 4) is 23.0 Å². The molecule has 0 radical (unpaired) electrons. The van der Waals surface area contributed by atoms with Gasteiger partial charge < -0.3 is 20.3 Å². The molecular formula is C43H34ClF10N8O9S2-. The van der Waals surface area contributed by atoms with Gasteiger partial charge in [0.1, 0.15) is 40.9 Å². The summed E-state index contributed by atoms with van der Waals surface area (Å²) in [4.78, 5) is 54.2. The van der Waals surface area contributed by atoms with Gasteiger partial charge in [0.25, 0.3) is 11.8 Å². The highest BCUT2D eigenvalue weighted by Gasteiger charge is 2.68. The van der Waals surface area contributed by atoms with Crippen molar-refractivity contribution in [2.24, 2.45) is 5.92 Å². The molecule has 30 heteroatoms. The van der Waals surface area contributed by atoms with Gasteiger partial charge in [-0.2, -0.15) is 45.3 Å². The molecule has 390 valence electrons. The molecule has 0 aliphatic heterocycles. The van der Waals surface area contributed by atoms with Crippen molar-refractivity contribution in [2.75, 3.05) is 12.8 Å². The third kappa shape index (κ3) is 11.3. The van der Waals surface area contributed by atoms with Crippen molar-refractivity contribution in [3.63, 3.8) is 0 Å². The van der Waals surface area contributed by atoms with Crippen LogP contribution in [-0.4, -0.2) is 98.6 Å². The smallest absolute Gasteiger partial charge is 0.435 e. The number of carboxylic acid groups (broad SMARTS) is 1. The van der Waals surface area contributed by atoms with Crippen LogP contribution < -0.4 is 10.6 Å². The van der Waals surface area contributed by atoms with Crippen molar-refractivity contribution >= 4 is 67.3 Å².